The van der Waals surface area contributed by atoms with E-state index in [0.29, 0.717) is 41.1 Å². The topological polar surface area (TPSA) is 104 Å². The summed E-state index contributed by atoms with van der Waals surface area (Å²) in [6.45, 7) is 1.41. The van der Waals surface area contributed by atoms with Crippen LogP contribution in [0.5, 0.6) is 5.75 Å². The fourth-order valence-corrected chi connectivity index (χ4v) is 3.98. The summed E-state index contributed by atoms with van der Waals surface area (Å²) in [5.74, 6) is -0.234. The minimum absolute atomic E-state index is 0.0162. The van der Waals surface area contributed by atoms with E-state index in [9.17, 15) is 9.18 Å². The summed E-state index contributed by atoms with van der Waals surface area (Å²) < 4.78 is 20.1. The van der Waals surface area contributed by atoms with Gasteiger partial charge in [0, 0.05) is 32.0 Å². The first-order valence-electron chi connectivity index (χ1n) is 8.92. The number of nitrogens with one attached hydrogen (secondary N) is 1. The van der Waals surface area contributed by atoms with Crippen molar-refractivity contribution in [1.29, 1.82) is 0 Å². The van der Waals surface area contributed by atoms with Crippen LogP contribution in [0.25, 0.3) is 11.2 Å². The van der Waals surface area contributed by atoms with Gasteiger partial charge in [-0.3, -0.25) is 4.79 Å². The summed E-state index contributed by atoms with van der Waals surface area (Å²) in [7, 11) is 0. The molecular formula is C18H17BrFN5O3S. The molecule has 0 aliphatic carbocycles. The summed E-state index contributed by atoms with van der Waals surface area (Å²) in [6.07, 6.45) is 3.15. The monoisotopic (exact) mass is 481 g/mol. The van der Waals surface area contributed by atoms with Crippen molar-refractivity contribution in [1.82, 2.24) is 19.9 Å². The second-order valence-corrected chi connectivity index (χ2v) is 8.33. The molecule has 8 nitrogen and oxygen atoms in total. The number of carboxylic acids is 1. The van der Waals surface area contributed by atoms with Gasteiger partial charge in [0.2, 0.25) is 5.95 Å². The van der Waals surface area contributed by atoms with Crippen LogP contribution in [0.2, 0.25) is 0 Å². The molecule has 3 heterocycles. The number of thioether (sulfide) groups is 1. The molecule has 0 saturated carbocycles. The zero-order chi connectivity index (χ0) is 20.4. The summed E-state index contributed by atoms with van der Waals surface area (Å²) in [4.78, 5) is 29.0. The van der Waals surface area contributed by atoms with Gasteiger partial charge in [-0.2, -0.15) is 4.98 Å². The van der Waals surface area contributed by atoms with Crippen LogP contribution in [0.15, 0.2) is 34.0 Å². The van der Waals surface area contributed by atoms with Crippen molar-refractivity contribution in [3.63, 3.8) is 0 Å². The highest BCUT2D eigenvalue weighted by atomic mass is 79.9. The van der Waals surface area contributed by atoms with Crippen molar-refractivity contribution >= 4 is 50.8 Å². The summed E-state index contributed by atoms with van der Waals surface area (Å²) in [5.41, 5.74) is 1.17. The van der Waals surface area contributed by atoms with Gasteiger partial charge in [-0.25, -0.2) is 14.4 Å². The van der Waals surface area contributed by atoms with Crippen LogP contribution in [0.3, 0.4) is 0 Å². The fraction of sp³-hybridized carbons (Fsp3) is 0.333. The Morgan fingerprint density at radius 2 is 2.17 bits per heavy atom. The van der Waals surface area contributed by atoms with Crippen molar-refractivity contribution in [2.45, 2.75) is 24.1 Å². The second kappa shape index (κ2) is 8.54. The molecule has 1 fully saturated rings. The lowest BCUT2D eigenvalue weighted by Crippen LogP contribution is -2.39. The molecule has 0 spiro atoms. The Bertz CT molecular complexity index is 1040. The number of carboxylic acid groups (broad SMARTS) is 1. The zero-order valence-electron chi connectivity index (χ0n) is 15.1. The number of carbonyl (C=O) groups is 1. The van der Waals surface area contributed by atoms with Gasteiger partial charge in [0.15, 0.2) is 10.8 Å². The molecule has 0 bridgehead atoms. The molecule has 11 heteroatoms. The Labute approximate surface area is 178 Å². The van der Waals surface area contributed by atoms with Crippen molar-refractivity contribution < 1.29 is 19.0 Å². The number of halogens is 2. The van der Waals surface area contributed by atoms with Gasteiger partial charge in [0.1, 0.15) is 23.2 Å². The summed E-state index contributed by atoms with van der Waals surface area (Å²) in [5, 5.41) is 9.28. The number of fused-ring (bicyclic) bond motifs is 1. The van der Waals surface area contributed by atoms with Crippen molar-refractivity contribution in [2.24, 2.45) is 0 Å². The SMILES string of the molecule is O=C(O)CSc1nc2nc(N3CCC(Oc4cc(F)ccc4Br)CC3)ncc2[nH]1. The van der Waals surface area contributed by atoms with Gasteiger partial charge in [0.05, 0.1) is 16.4 Å². The molecule has 152 valence electrons. The molecule has 0 atom stereocenters. The molecule has 2 aromatic heterocycles. The van der Waals surface area contributed by atoms with Crippen LogP contribution in [-0.4, -0.2) is 56.0 Å². The van der Waals surface area contributed by atoms with Gasteiger partial charge in [-0.1, -0.05) is 11.8 Å². The minimum Gasteiger partial charge on any atom is -0.489 e. The minimum atomic E-state index is -0.905. The number of aromatic nitrogens is 4. The fourth-order valence-electron chi connectivity index (χ4n) is 3.05. The Kier molecular flexibility index (Phi) is 5.86. The molecule has 1 aliphatic heterocycles. The number of benzene rings is 1. The average Bonchev–Trinajstić information content (AvgIpc) is 3.12. The smallest absolute Gasteiger partial charge is 0.313 e. The molecular weight excluding hydrogens is 465 g/mol. The highest BCUT2D eigenvalue weighted by Crippen LogP contribution is 2.29. The van der Waals surface area contributed by atoms with E-state index in [1.807, 2.05) is 0 Å². The standard InChI is InChI=1S/C18H17BrFN5O3S/c19-12-2-1-10(20)7-14(12)28-11-3-5-25(6-4-11)17-21-8-13-16(23-17)24-18(22-13)29-9-15(26)27/h1-2,7-8,11H,3-6,9H2,(H,26,27)(H,21,22,23,24). The third kappa shape index (κ3) is 4.78. The maximum Gasteiger partial charge on any atom is 0.313 e. The predicted octanol–water partition coefficient (Wildman–Crippen LogP) is 3.48. The molecule has 1 aliphatic rings. The quantitative estimate of drug-likeness (QED) is 0.515. The van der Waals surface area contributed by atoms with Gasteiger partial charge >= 0.3 is 5.97 Å². The predicted molar refractivity (Wildman–Crippen MR) is 110 cm³/mol. The molecule has 0 unspecified atom stereocenters. The number of ether oxygens (including phenoxy) is 1. The number of aromatic amines is 1. The van der Waals surface area contributed by atoms with Crippen LogP contribution in [0.1, 0.15) is 12.8 Å². The normalized spacial score (nSPS) is 15.0. The Morgan fingerprint density at radius 1 is 1.38 bits per heavy atom. The number of H-pyrrole nitrogens is 1. The number of hydrogen-bond donors (Lipinski definition) is 2. The van der Waals surface area contributed by atoms with Gasteiger partial charge in [-0.15, -0.1) is 0 Å². The first-order valence-corrected chi connectivity index (χ1v) is 10.7. The number of imidazole rings is 1. The highest BCUT2D eigenvalue weighted by Gasteiger charge is 2.23. The first kappa shape index (κ1) is 19.9. The molecule has 1 aromatic carbocycles. The van der Waals surface area contributed by atoms with E-state index in [1.165, 1.54) is 12.1 Å². The van der Waals surface area contributed by atoms with Crippen molar-refractivity contribution in [2.75, 3.05) is 23.7 Å². The number of nitrogens with zero attached hydrogens (tertiary/aromatic N) is 4. The summed E-state index contributed by atoms with van der Waals surface area (Å²) >= 11 is 4.49. The largest absolute Gasteiger partial charge is 0.489 e. The third-order valence-electron chi connectivity index (χ3n) is 4.45. The third-order valence-corrected chi connectivity index (χ3v) is 5.96. The zero-order valence-corrected chi connectivity index (χ0v) is 17.5. The van der Waals surface area contributed by atoms with Crippen LogP contribution >= 0.6 is 27.7 Å². The highest BCUT2D eigenvalue weighted by molar-refractivity contribution is 9.10. The lowest BCUT2D eigenvalue weighted by molar-refractivity contribution is -0.133. The van der Waals surface area contributed by atoms with Crippen molar-refractivity contribution in [3.05, 3.63) is 34.7 Å². The number of anilines is 1. The van der Waals surface area contributed by atoms with E-state index in [4.69, 9.17) is 9.84 Å². The number of aliphatic carboxylic acids is 1. The van der Waals surface area contributed by atoms with E-state index in [1.54, 1.807) is 12.3 Å². The van der Waals surface area contributed by atoms with Crippen molar-refractivity contribution in [3.8, 4) is 5.75 Å². The first-order chi connectivity index (χ1) is 14.0. The van der Waals surface area contributed by atoms with Gasteiger partial charge < -0.3 is 19.7 Å². The average molecular weight is 482 g/mol. The van der Waals surface area contributed by atoms with Gasteiger partial charge in [0.25, 0.3) is 0 Å². The van der Waals surface area contributed by atoms with E-state index < -0.39 is 5.97 Å². The Hall–Kier alpha value is -2.40. The van der Waals surface area contributed by atoms with Crippen LogP contribution < -0.4 is 9.64 Å². The van der Waals surface area contributed by atoms with Crippen LogP contribution in [0.4, 0.5) is 10.3 Å². The van der Waals surface area contributed by atoms with E-state index in [0.717, 1.165) is 29.1 Å². The maximum absolute atomic E-state index is 13.4. The van der Waals surface area contributed by atoms with Crippen LogP contribution in [-0.2, 0) is 4.79 Å². The van der Waals surface area contributed by atoms with Crippen LogP contribution in [0, 0.1) is 5.82 Å². The molecule has 3 aromatic rings. The molecule has 29 heavy (non-hydrogen) atoms. The number of piperidine rings is 1. The molecule has 2 N–H and O–H groups in total. The number of hydrogen-bond acceptors (Lipinski definition) is 7. The maximum atomic E-state index is 13.4. The lowest BCUT2D eigenvalue weighted by atomic mass is 10.1. The summed E-state index contributed by atoms with van der Waals surface area (Å²) in [6, 6.07) is 4.40. The second-order valence-electron chi connectivity index (χ2n) is 6.51. The van der Waals surface area contributed by atoms with Gasteiger partial charge in [-0.05, 0) is 28.1 Å². The molecule has 0 amide bonds. The van der Waals surface area contributed by atoms with E-state index in [2.05, 4.69) is 40.8 Å². The molecule has 4 rings (SSSR count). The number of rotatable bonds is 6. The molecule has 0 radical (unpaired) electrons. The van der Waals surface area contributed by atoms with E-state index in [-0.39, 0.29) is 17.7 Å². The Balaban J connectivity index is 1.39. The Morgan fingerprint density at radius 3 is 2.93 bits per heavy atom. The lowest BCUT2D eigenvalue weighted by Gasteiger charge is -2.32. The molecule has 1 saturated heterocycles. The van der Waals surface area contributed by atoms with E-state index >= 15 is 0 Å².